The first-order chi connectivity index (χ1) is 10.8. The van der Waals surface area contributed by atoms with Crippen molar-refractivity contribution < 1.29 is 18.4 Å². The van der Waals surface area contributed by atoms with E-state index in [4.69, 9.17) is 14.0 Å². The van der Waals surface area contributed by atoms with Crippen LogP contribution in [0.25, 0.3) is 11.4 Å². The van der Waals surface area contributed by atoms with E-state index in [1.807, 2.05) is 12.1 Å². The molecule has 0 aliphatic heterocycles. The zero-order valence-electron chi connectivity index (χ0n) is 11.8. The third-order valence-corrected chi connectivity index (χ3v) is 2.99. The van der Waals surface area contributed by atoms with Gasteiger partial charge in [0.1, 0.15) is 5.82 Å². The molecule has 0 spiro atoms. The maximum absolute atomic E-state index is 12.9. The molecule has 0 aliphatic carbocycles. The molecule has 22 heavy (non-hydrogen) atoms. The van der Waals surface area contributed by atoms with Crippen molar-refractivity contribution in [1.82, 2.24) is 10.1 Å². The van der Waals surface area contributed by atoms with Gasteiger partial charge in [0.2, 0.25) is 5.82 Å². The van der Waals surface area contributed by atoms with E-state index < -0.39 is 0 Å². The minimum absolute atomic E-state index is 0.120. The molecule has 3 rings (SSSR count). The Morgan fingerprint density at radius 2 is 1.77 bits per heavy atom. The summed E-state index contributed by atoms with van der Waals surface area (Å²) in [7, 11) is 1.57. The molecule has 6 heteroatoms. The Morgan fingerprint density at radius 3 is 2.50 bits per heavy atom. The average Bonchev–Trinajstić information content (AvgIpc) is 3.03. The lowest BCUT2D eigenvalue weighted by molar-refractivity contribution is 0.233. The first-order valence-corrected chi connectivity index (χ1v) is 6.60. The summed E-state index contributed by atoms with van der Waals surface area (Å²) in [5.41, 5.74) is 0.675. The fourth-order valence-electron chi connectivity index (χ4n) is 1.91. The summed E-state index contributed by atoms with van der Waals surface area (Å²) in [4.78, 5) is 4.21. The Morgan fingerprint density at radius 1 is 1.05 bits per heavy atom. The van der Waals surface area contributed by atoms with Gasteiger partial charge in [-0.15, -0.1) is 0 Å². The number of aromatic nitrogens is 2. The molecule has 0 unspecified atom stereocenters. The normalized spacial score (nSPS) is 10.5. The summed E-state index contributed by atoms with van der Waals surface area (Å²) in [5, 5.41) is 3.85. The Labute approximate surface area is 126 Å². The van der Waals surface area contributed by atoms with Crippen molar-refractivity contribution in [2.24, 2.45) is 0 Å². The topological polar surface area (TPSA) is 57.4 Å². The molecule has 0 saturated heterocycles. The summed E-state index contributed by atoms with van der Waals surface area (Å²) in [6, 6.07) is 13.1. The van der Waals surface area contributed by atoms with Crippen molar-refractivity contribution in [3.8, 4) is 22.9 Å². The summed E-state index contributed by atoms with van der Waals surface area (Å²) < 4.78 is 28.8. The molecule has 5 nitrogen and oxygen atoms in total. The van der Waals surface area contributed by atoms with Gasteiger partial charge in [-0.2, -0.15) is 4.98 Å². The quantitative estimate of drug-likeness (QED) is 0.722. The zero-order valence-corrected chi connectivity index (χ0v) is 11.8. The van der Waals surface area contributed by atoms with E-state index in [9.17, 15) is 4.39 Å². The predicted molar refractivity (Wildman–Crippen MR) is 77.0 cm³/mol. The Kier molecular flexibility index (Phi) is 4.00. The third kappa shape index (κ3) is 3.06. The molecule has 0 radical (unpaired) electrons. The molecule has 0 saturated carbocycles. The lowest BCUT2D eigenvalue weighted by Crippen LogP contribution is -1.97. The van der Waals surface area contributed by atoms with Crippen LogP contribution in [0.2, 0.25) is 0 Å². The van der Waals surface area contributed by atoms with E-state index in [0.29, 0.717) is 28.8 Å². The maximum Gasteiger partial charge on any atom is 0.264 e. The van der Waals surface area contributed by atoms with Crippen LogP contribution in [0.1, 0.15) is 5.89 Å². The Hall–Kier alpha value is -2.89. The van der Waals surface area contributed by atoms with Gasteiger partial charge in [-0.3, -0.25) is 0 Å². The number of halogens is 1. The molecular formula is C16H13FN2O3. The van der Waals surface area contributed by atoms with Gasteiger partial charge in [0, 0.05) is 5.56 Å². The van der Waals surface area contributed by atoms with Crippen molar-refractivity contribution in [3.05, 3.63) is 60.2 Å². The molecule has 3 aromatic rings. The zero-order chi connectivity index (χ0) is 15.4. The summed E-state index contributed by atoms with van der Waals surface area (Å²) in [6.07, 6.45) is 0. The average molecular weight is 300 g/mol. The second-order valence-corrected chi connectivity index (χ2v) is 4.46. The number of para-hydroxylation sites is 2. The van der Waals surface area contributed by atoms with Gasteiger partial charge in [-0.05, 0) is 36.4 Å². The molecule has 0 fully saturated rings. The van der Waals surface area contributed by atoms with Gasteiger partial charge in [-0.25, -0.2) is 4.39 Å². The minimum Gasteiger partial charge on any atom is -0.493 e. The van der Waals surface area contributed by atoms with Gasteiger partial charge in [0.05, 0.1) is 7.11 Å². The molecular weight excluding hydrogens is 287 g/mol. The van der Waals surface area contributed by atoms with Crippen molar-refractivity contribution in [3.63, 3.8) is 0 Å². The van der Waals surface area contributed by atoms with E-state index in [1.54, 1.807) is 31.4 Å². The van der Waals surface area contributed by atoms with Crippen LogP contribution in [0, 0.1) is 5.82 Å². The van der Waals surface area contributed by atoms with E-state index in [0.717, 1.165) is 0 Å². The van der Waals surface area contributed by atoms with Crippen LogP contribution >= 0.6 is 0 Å². The van der Waals surface area contributed by atoms with Crippen LogP contribution in [0.5, 0.6) is 11.5 Å². The number of hydrogen-bond acceptors (Lipinski definition) is 5. The maximum atomic E-state index is 12.9. The fraction of sp³-hybridized carbons (Fsp3) is 0.125. The minimum atomic E-state index is -0.313. The number of nitrogens with zero attached hydrogens (tertiary/aromatic N) is 2. The largest absolute Gasteiger partial charge is 0.493 e. The number of rotatable bonds is 5. The third-order valence-electron chi connectivity index (χ3n) is 2.99. The van der Waals surface area contributed by atoms with Crippen LogP contribution in [-0.2, 0) is 6.61 Å². The lowest BCUT2D eigenvalue weighted by Gasteiger charge is -2.07. The van der Waals surface area contributed by atoms with Crippen molar-refractivity contribution >= 4 is 0 Å². The van der Waals surface area contributed by atoms with Gasteiger partial charge < -0.3 is 14.0 Å². The van der Waals surface area contributed by atoms with Gasteiger partial charge >= 0.3 is 0 Å². The van der Waals surface area contributed by atoms with Crippen LogP contribution in [0.3, 0.4) is 0 Å². The Bertz CT molecular complexity index is 756. The van der Waals surface area contributed by atoms with Crippen LogP contribution < -0.4 is 9.47 Å². The van der Waals surface area contributed by atoms with Gasteiger partial charge in [0.15, 0.2) is 18.1 Å². The van der Waals surface area contributed by atoms with E-state index in [-0.39, 0.29) is 12.4 Å². The highest BCUT2D eigenvalue weighted by Gasteiger charge is 2.10. The second kappa shape index (κ2) is 6.26. The summed E-state index contributed by atoms with van der Waals surface area (Å²) >= 11 is 0. The molecule has 0 N–H and O–H groups in total. The lowest BCUT2D eigenvalue weighted by atomic mass is 10.2. The van der Waals surface area contributed by atoms with Gasteiger partial charge in [0.25, 0.3) is 5.89 Å². The summed E-state index contributed by atoms with van der Waals surface area (Å²) in [5.74, 6) is 1.61. The predicted octanol–water partition coefficient (Wildman–Crippen LogP) is 3.46. The number of ether oxygens (including phenoxy) is 2. The molecule has 0 amide bonds. The van der Waals surface area contributed by atoms with E-state index in [1.165, 1.54) is 12.1 Å². The van der Waals surface area contributed by atoms with E-state index >= 15 is 0 Å². The molecule has 0 atom stereocenters. The van der Waals surface area contributed by atoms with Crippen LogP contribution in [-0.4, -0.2) is 17.3 Å². The van der Waals surface area contributed by atoms with Gasteiger partial charge in [-0.1, -0.05) is 17.3 Å². The highest BCUT2D eigenvalue weighted by molar-refractivity contribution is 5.53. The number of hydrogen-bond donors (Lipinski definition) is 0. The van der Waals surface area contributed by atoms with Crippen molar-refractivity contribution in [2.75, 3.05) is 7.11 Å². The second-order valence-electron chi connectivity index (χ2n) is 4.46. The van der Waals surface area contributed by atoms with E-state index in [2.05, 4.69) is 10.1 Å². The summed E-state index contributed by atoms with van der Waals surface area (Å²) in [6.45, 7) is 0.120. The van der Waals surface area contributed by atoms with Crippen LogP contribution in [0.15, 0.2) is 53.1 Å². The first kappa shape index (κ1) is 14.1. The van der Waals surface area contributed by atoms with Crippen LogP contribution in [0.4, 0.5) is 4.39 Å². The highest BCUT2D eigenvalue weighted by Crippen LogP contribution is 2.26. The smallest absolute Gasteiger partial charge is 0.264 e. The Balaban J connectivity index is 1.71. The molecule has 1 heterocycles. The van der Waals surface area contributed by atoms with Crippen molar-refractivity contribution in [2.45, 2.75) is 6.61 Å². The molecule has 1 aromatic heterocycles. The first-order valence-electron chi connectivity index (χ1n) is 6.60. The monoisotopic (exact) mass is 300 g/mol. The SMILES string of the molecule is COc1ccccc1OCc1nc(-c2ccc(F)cc2)no1. The molecule has 0 aliphatic rings. The fourth-order valence-corrected chi connectivity index (χ4v) is 1.91. The van der Waals surface area contributed by atoms with Crippen molar-refractivity contribution in [1.29, 1.82) is 0 Å². The molecule has 0 bridgehead atoms. The standard InChI is InChI=1S/C16H13FN2O3/c1-20-13-4-2-3-5-14(13)21-10-15-18-16(19-22-15)11-6-8-12(17)9-7-11/h2-9H,10H2,1H3. The number of methoxy groups -OCH3 is 1. The molecule has 112 valence electrons. The number of benzene rings is 2. The highest BCUT2D eigenvalue weighted by atomic mass is 19.1. The molecule has 2 aromatic carbocycles.